The van der Waals surface area contributed by atoms with Gasteiger partial charge in [-0.3, -0.25) is 14.8 Å². The fraction of sp³-hybridized carbons (Fsp3) is 0.250. The molecular weight excluding hydrogens is 384 g/mol. The van der Waals surface area contributed by atoms with Gasteiger partial charge in [0.15, 0.2) is 0 Å². The normalized spacial score (nSPS) is 11.0. The average Bonchev–Trinajstić information content (AvgIpc) is 2.57. The van der Waals surface area contributed by atoms with Crippen molar-refractivity contribution < 1.29 is 22.8 Å². The number of hydrogen-bond donors (Lipinski definition) is 1. The number of anilines is 1. The number of nitro groups is 1. The van der Waals surface area contributed by atoms with Crippen molar-refractivity contribution in [2.45, 2.75) is 18.7 Å². The van der Waals surface area contributed by atoms with E-state index in [0.717, 1.165) is 12.1 Å². The number of halogens is 1. The molecule has 0 heterocycles. The summed E-state index contributed by atoms with van der Waals surface area (Å²) in [6, 6.07) is 7.96. The quantitative estimate of drug-likeness (QED) is 0.532. The van der Waals surface area contributed by atoms with Crippen LogP contribution in [0.3, 0.4) is 0 Å². The predicted molar refractivity (Wildman–Crippen MR) is 97.7 cm³/mol. The van der Waals surface area contributed by atoms with Crippen molar-refractivity contribution in [1.29, 1.82) is 0 Å². The molecule has 0 aliphatic carbocycles. The summed E-state index contributed by atoms with van der Waals surface area (Å²) in [6.45, 7) is 4.29. The highest BCUT2D eigenvalue weighted by Crippen LogP contribution is 2.33. The van der Waals surface area contributed by atoms with Gasteiger partial charge in [0, 0.05) is 12.1 Å². The summed E-state index contributed by atoms with van der Waals surface area (Å²) in [6.07, 6.45) is 0. The molecule has 0 atom stereocenters. The van der Waals surface area contributed by atoms with Gasteiger partial charge in [0.2, 0.25) is 0 Å². The Bertz CT molecular complexity index is 917. The molecule has 10 heteroatoms. The van der Waals surface area contributed by atoms with Crippen LogP contribution in [0, 0.1) is 10.1 Å². The van der Waals surface area contributed by atoms with E-state index in [4.69, 9.17) is 21.1 Å². The topological polar surface area (TPSA) is 108 Å². The van der Waals surface area contributed by atoms with Crippen LogP contribution in [-0.2, 0) is 10.0 Å². The van der Waals surface area contributed by atoms with Crippen molar-refractivity contribution >= 4 is 33.0 Å². The minimum Gasteiger partial charge on any atom is -0.494 e. The van der Waals surface area contributed by atoms with Gasteiger partial charge in [-0.1, -0.05) is 11.6 Å². The van der Waals surface area contributed by atoms with E-state index in [0.29, 0.717) is 24.7 Å². The summed E-state index contributed by atoms with van der Waals surface area (Å²) in [4.78, 5) is 9.94. The van der Waals surface area contributed by atoms with Crippen LogP contribution in [0.4, 0.5) is 11.4 Å². The third-order valence-corrected chi connectivity index (χ3v) is 4.91. The molecule has 0 spiro atoms. The van der Waals surface area contributed by atoms with E-state index < -0.39 is 20.6 Å². The van der Waals surface area contributed by atoms with E-state index in [9.17, 15) is 18.5 Å². The highest BCUT2D eigenvalue weighted by molar-refractivity contribution is 7.92. The summed E-state index contributed by atoms with van der Waals surface area (Å²) in [5.41, 5.74) is -0.335. The molecule has 0 saturated carbocycles. The van der Waals surface area contributed by atoms with Gasteiger partial charge in [0.1, 0.15) is 16.5 Å². The van der Waals surface area contributed by atoms with Gasteiger partial charge in [-0.25, -0.2) is 8.42 Å². The Labute approximate surface area is 155 Å². The zero-order valence-corrected chi connectivity index (χ0v) is 15.6. The third-order valence-electron chi connectivity index (χ3n) is 3.23. The number of sulfonamides is 1. The largest absolute Gasteiger partial charge is 0.494 e. The van der Waals surface area contributed by atoms with Crippen LogP contribution in [0.2, 0.25) is 5.02 Å². The first kappa shape index (κ1) is 19.8. The molecule has 0 aromatic heterocycles. The van der Waals surface area contributed by atoms with Crippen LogP contribution in [0.25, 0.3) is 0 Å². The van der Waals surface area contributed by atoms with Crippen LogP contribution in [0.15, 0.2) is 41.3 Å². The fourth-order valence-electron chi connectivity index (χ4n) is 2.13. The number of nitrogens with zero attached hydrogens (tertiary/aromatic N) is 1. The molecule has 8 nitrogen and oxygen atoms in total. The molecule has 0 aliphatic heterocycles. The second kappa shape index (κ2) is 8.24. The fourth-order valence-corrected chi connectivity index (χ4v) is 3.40. The van der Waals surface area contributed by atoms with E-state index in [1.807, 2.05) is 0 Å². The molecule has 0 bridgehead atoms. The second-order valence-corrected chi connectivity index (χ2v) is 7.09. The maximum atomic E-state index is 12.6. The summed E-state index contributed by atoms with van der Waals surface area (Å²) >= 11 is 5.73. The first-order valence-electron chi connectivity index (χ1n) is 7.65. The molecule has 2 rings (SSSR count). The lowest BCUT2D eigenvalue weighted by Gasteiger charge is -2.14. The lowest BCUT2D eigenvalue weighted by molar-refractivity contribution is -0.384. The van der Waals surface area contributed by atoms with E-state index in [-0.39, 0.29) is 15.6 Å². The first-order chi connectivity index (χ1) is 12.3. The number of hydrogen-bond acceptors (Lipinski definition) is 6. The van der Waals surface area contributed by atoms with Crippen LogP contribution in [-0.4, -0.2) is 26.6 Å². The summed E-state index contributed by atoms with van der Waals surface area (Å²) in [5.74, 6) is 0.763. The van der Waals surface area contributed by atoms with Crippen molar-refractivity contribution in [2.24, 2.45) is 0 Å². The predicted octanol–water partition coefficient (Wildman–Crippen LogP) is 3.85. The minimum atomic E-state index is -4.11. The SMILES string of the molecule is CCOc1ccc(OCC)c(NS(=O)(=O)c2ccc(Cl)c([N+](=O)[O-])c2)c1. The van der Waals surface area contributed by atoms with Gasteiger partial charge < -0.3 is 9.47 Å². The molecule has 1 N–H and O–H groups in total. The van der Waals surface area contributed by atoms with Gasteiger partial charge in [-0.15, -0.1) is 0 Å². The van der Waals surface area contributed by atoms with Crippen LogP contribution in [0.1, 0.15) is 13.8 Å². The Kier molecular flexibility index (Phi) is 6.27. The zero-order chi connectivity index (χ0) is 19.3. The van der Waals surface area contributed by atoms with Gasteiger partial charge in [-0.05, 0) is 38.1 Å². The van der Waals surface area contributed by atoms with Crippen molar-refractivity contribution in [2.75, 3.05) is 17.9 Å². The standard InChI is InChI=1S/C16H17ClN2O6S/c1-3-24-11-5-8-16(25-4-2)14(9-11)18-26(22,23)12-6-7-13(17)15(10-12)19(20)21/h5-10,18H,3-4H2,1-2H3. The smallest absolute Gasteiger partial charge is 0.289 e. The van der Waals surface area contributed by atoms with E-state index in [1.165, 1.54) is 12.1 Å². The summed E-state index contributed by atoms with van der Waals surface area (Å²) in [5, 5.41) is 10.8. The highest BCUT2D eigenvalue weighted by atomic mass is 35.5. The molecule has 2 aromatic rings. The molecule has 0 aliphatic rings. The van der Waals surface area contributed by atoms with Gasteiger partial charge >= 0.3 is 0 Å². The molecule has 0 radical (unpaired) electrons. The molecule has 140 valence electrons. The van der Waals surface area contributed by atoms with Crippen molar-refractivity contribution in [3.05, 3.63) is 51.5 Å². The number of nitrogens with one attached hydrogen (secondary N) is 1. The highest BCUT2D eigenvalue weighted by Gasteiger charge is 2.22. The maximum Gasteiger partial charge on any atom is 0.289 e. The lowest BCUT2D eigenvalue weighted by Crippen LogP contribution is -2.14. The van der Waals surface area contributed by atoms with E-state index in [1.54, 1.807) is 26.0 Å². The third kappa shape index (κ3) is 4.55. The molecular formula is C16H17ClN2O6S. The van der Waals surface area contributed by atoms with Gasteiger partial charge in [-0.2, -0.15) is 0 Å². The molecule has 0 fully saturated rings. The summed E-state index contributed by atoms with van der Waals surface area (Å²) < 4.78 is 38.4. The van der Waals surface area contributed by atoms with Crippen LogP contribution < -0.4 is 14.2 Å². The Hall–Kier alpha value is -2.52. The van der Waals surface area contributed by atoms with E-state index >= 15 is 0 Å². The average molecular weight is 401 g/mol. The zero-order valence-electron chi connectivity index (χ0n) is 14.1. The Morgan fingerprint density at radius 2 is 1.81 bits per heavy atom. The Morgan fingerprint density at radius 3 is 2.42 bits per heavy atom. The molecule has 26 heavy (non-hydrogen) atoms. The van der Waals surface area contributed by atoms with Crippen molar-refractivity contribution in [3.63, 3.8) is 0 Å². The van der Waals surface area contributed by atoms with Crippen LogP contribution >= 0.6 is 11.6 Å². The molecule has 0 saturated heterocycles. The Morgan fingerprint density at radius 1 is 1.12 bits per heavy atom. The minimum absolute atomic E-state index is 0.151. The summed E-state index contributed by atoms with van der Waals surface area (Å²) in [7, 11) is -4.11. The Balaban J connectivity index is 2.44. The number of ether oxygens (including phenoxy) is 2. The number of nitro benzene ring substituents is 1. The lowest BCUT2D eigenvalue weighted by atomic mass is 10.3. The number of benzene rings is 2. The second-order valence-electron chi connectivity index (χ2n) is 5.00. The van der Waals surface area contributed by atoms with Crippen LogP contribution in [0.5, 0.6) is 11.5 Å². The molecule has 0 unspecified atom stereocenters. The molecule has 2 aromatic carbocycles. The van der Waals surface area contributed by atoms with Gasteiger partial charge in [0.05, 0.1) is 28.7 Å². The van der Waals surface area contributed by atoms with Crippen molar-refractivity contribution in [1.82, 2.24) is 0 Å². The molecule has 0 amide bonds. The first-order valence-corrected chi connectivity index (χ1v) is 9.51. The van der Waals surface area contributed by atoms with E-state index in [2.05, 4.69) is 4.72 Å². The maximum absolute atomic E-state index is 12.6. The monoisotopic (exact) mass is 400 g/mol. The number of rotatable bonds is 8. The van der Waals surface area contributed by atoms with Gasteiger partial charge in [0.25, 0.3) is 15.7 Å². The van der Waals surface area contributed by atoms with Crippen molar-refractivity contribution in [3.8, 4) is 11.5 Å².